The number of hydrazine groups is 1. The molecule has 8 unspecified atom stereocenters. The van der Waals surface area contributed by atoms with Crippen molar-refractivity contribution in [3.8, 4) is 0 Å². The average molecular weight is 456 g/mol. The zero-order valence-electron chi connectivity index (χ0n) is 18.9. The van der Waals surface area contributed by atoms with Crippen LogP contribution in [-0.2, 0) is 14.3 Å². The molecule has 180 valence electrons. The van der Waals surface area contributed by atoms with Gasteiger partial charge in [-0.2, -0.15) is 0 Å². The first kappa shape index (κ1) is 22.4. The second-order valence-electron chi connectivity index (χ2n) is 10.5. The Morgan fingerprint density at radius 2 is 1.97 bits per heavy atom. The highest BCUT2D eigenvalue weighted by atomic mass is 19.1. The van der Waals surface area contributed by atoms with E-state index in [-0.39, 0.29) is 41.7 Å². The molecule has 0 aromatic rings. The summed E-state index contributed by atoms with van der Waals surface area (Å²) in [6, 6.07) is -1.18. The summed E-state index contributed by atoms with van der Waals surface area (Å²) in [4.78, 5) is 30.2. The molecule has 5 aliphatic rings. The predicted molar refractivity (Wildman–Crippen MR) is 113 cm³/mol. The minimum atomic E-state index is -1.24. The highest BCUT2D eigenvalue weighted by Crippen LogP contribution is 2.42. The van der Waals surface area contributed by atoms with Crippen molar-refractivity contribution in [2.45, 2.75) is 80.6 Å². The van der Waals surface area contributed by atoms with Gasteiger partial charge in [0.2, 0.25) is 11.8 Å². The van der Waals surface area contributed by atoms with E-state index in [1.807, 2.05) is 16.8 Å². The lowest BCUT2D eigenvalue weighted by molar-refractivity contribution is -0.140. The van der Waals surface area contributed by atoms with Crippen molar-refractivity contribution in [3.05, 3.63) is 0 Å². The van der Waals surface area contributed by atoms with Gasteiger partial charge in [-0.1, -0.05) is 0 Å². The third-order valence-electron chi connectivity index (χ3n) is 8.54. The first-order valence-corrected chi connectivity index (χ1v) is 11.9. The number of likely N-dealkylation sites (N-methyl/N-ethyl adjacent to an activating group) is 1. The Morgan fingerprint density at radius 1 is 1.19 bits per heavy atom. The van der Waals surface area contributed by atoms with Gasteiger partial charge >= 0.3 is 0 Å². The monoisotopic (exact) mass is 455 g/mol. The van der Waals surface area contributed by atoms with Gasteiger partial charge in [0.15, 0.2) is 0 Å². The number of likely N-dealkylation sites (tertiary alicyclic amines) is 1. The molecule has 2 amide bonds. The molecule has 5 fully saturated rings. The average Bonchev–Trinajstić information content (AvgIpc) is 3.23. The van der Waals surface area contributed by atoms with E-state index >= 15 is 0 Å². The van der Waals surface area contributed by atoms with Crippen LogP contribution < -0.4 is 16.2 Å². The molecule has 8 nitrogen and oxygen atoms in total. The van der Waals surface area contributed by atoms with E-state index in [4.69, 9.17) is 4.74 Å². The van der Waals surface area contributed by atoms with Gasteiger partial charge in [-0.3, -0.25) is 20.3 Å². The summed E-state index contributed by atoms with van der Waals surface area (Å²) in [6.45, 7) is 1.60. The fourth-order valence-corrected chi connectivity index (χ4v) is 6.42. The normalized spacial score (nSPS) is 42.3. The molecule has 0 bridgehead atoms. The van der Waals surface area contributed by atoms with E-state index in [0.717, 1.165) is 19.3 Å². The van der Waals surface area contributed by atoms with Gasteiger partial charge in [-0.15, -0.1) is 0 Å². The minimum Gasteiger partial charge on any atom is -0.382 e. The number of hydrogen-bond acceptors (Lipinski definition) is 6. The van der Waals surface area contributed by atoms with Crippen molar-refractivity contribution in [2.75, 3.05) is 33.9 Å². The smallest absolute Gasteiger partial charge is 0.241 e. The zero-order valence-corrected chi connectivity index (χ0v) is 18.9. The number of halogens is 2. The summed E-state index contributed by atoms with van der Waals surface area (Å²) in [5, 5.41) is 3.16. The third kappa shape index (κ3) is 3.82. The number of amides is 2. The standard InChI is InChI=1S/C22H35F2N5O3/c1-28(22(4-5-22)11-32-2)21(31)19-14-10-29(6-3-16(14)26-27-19)20(30)17-8-12-7-13(23)9-15(24)18(12)25-17/h12-19,25-27H,3-11H2,1-2H3. The van der Waals surface area contributed by atoms with Crippen molar-refractivity contribution in [2.24, 2.45) is 11.8 Å². The number of nitrogens with one attached hydrogen (secondary N) is 3. The van der Waals surface area contributed by atoms with Gasteiger partial charge in [0.1, 0.15) is 18.4 Å². The predicted octanol–water partition coefficient (Wildman–Crippen LogP) is 0.134. The summed E-state index contributed by atoms with van der Waals surface area (Å²) in [6.07, 6.45) is 0.988. The third-order valence-corrected chi connectivity index (χ3v) is 8.54. The Bertz CT molecular complexity index is 753. The molecule has 3 saturated heterocycles. The van der Waals surface area contributed by atoms with Crippen LogP contribution in [0.25, 0.3) is 0 Å². The van der Waals surface area contributed by atoms with E-state index in [1.165, 1.54) is 0 Å². The molecule has 8 atom stereocenters. The van der Waals surface area contributed by atoms with Crippen molar-refractivity contribution < 1.29 is 23.1 Å². The van der Waals surface area contributed by atoms with Crippen LogP contribution in [0.3, 0.4) is 0 Å². The van der Waals surface area contributed by atoms with Crippen molar-refractivity contribution in [1.29, 1.82) is 0 Å². The van der Waals surface area contributed by atoms with E-state index in [2.05, 4.69) is 16.2 Å². The molecular weight excluding hydrogens is 420 g/mol. The van der Waals surface area contributed by atoms with Crippen LogP contribution in [0, 0.1) is 11.8 Å². The van der Waals surface area contributed by atoms with Gasteiger partial charge in [0, 0.05) is 51.7 Å². The maximum Gasteiger partial charge on any atom is 0.241 e. The van der Waals surface area contributed by atoms with Gasteiger partial charge in [0.05, 0.1) is 18.2 Å². The maximum absolute atomic E-state index is 14.3. The molecule has 32 heavy (non-hydrogen) atoms. The van der Waals surface area contributed by atoms with E-state index < -0.39 is 30.5 Å². The van der Waals surface area contributed by atoms with Crippen molar-refractivity contribution in [3.63, 3.8) is 0 Å². The van der Waals surface area contributed by atoms with Crippen molar-refractivity contribution >= 4 is 11.8 Å². The zero-order chi connectivity index (χ0) is 22.6. The molecule has 0 aromatic heterocycles. The van der Waals surface area contributed by atoms with Crippen LogP contribution in [-0.4, -0.2) is 97.5 Å². The van der Waals surface area contributed by atoms with Crippen LogP contribution in [0.4, 0.5) is 8.78 Å². The lowest BCUT2D eigenvalue weighted by Gasteiger charge is -2.38. The number of methoxy groups -OCH3 is 1. The number of ether oxygens (including phenoxy) is 1. The highest BCUT2D eigenvalue weighted by Gasteiger charge is 2.53. The Labute approximate surface area is 187 Å². The number of alkyl halides is 2. The van der Waals surface area contributed by atoms with Crippen LogP contribution in [0.2, 0.25) is 0 Å². The summed E-state index contributed by atoms with van der Waals surface area (Å²) < 4.78 is 33.5. The number of carbonyl (C=O) groups is 2. The summed E-state index contributed by atoms with van der Waals surface area (Å²) >= 11 is 0. The molecule has 3 heterocycles. The summed E-state index contributed by atoms with van der Waals surface area (Å²) in [5.41, 5.74) is 6.22. The molecule has 0 aromatic carbocycles. The van der Waals surface area contributed by atoms with E-state index in [9.17, 15) is 18.4 Å². The molecule has 0 spiro atoms. The number of hydrogen-bond donors (Lipinski definition) is 3. The number of rotatable bonds is 5. The fraction of sp³-hybridized carbons (Fsp3) is 0.909. The lowest BCUT2D eigenvalue weighted by Crippen LogP contribution is -2.56. The molecule has 5 rings (SSSR count). The second kappa shape index (κ2) is 8.45. The Morgan fingerprint density at radius 3 is 2.69 bits per heavy atom. The van der Waals surface area contributed by atoms with Crippen LogP contribution in [0.1, 0.15) is 38.5 Å². The Hall–Kier alpha value is -1.36. The SMILES string of the molecule is COCC1(N(C)C(=O)C2NNC3CCN(C(=O)C4CC5CC(F)CC(F)C5N4)CC32)CC1. The highest BCUT2D eigenvalue weighted by molar-refractivity contribution is 5.85. The van der Waals surface area contributed by atoms with Gasteiger partial charge < -0.3 is 14.5 Å². The largest absolute Gasteiger partial charge is 0.382 e. The molecule has 10 heteroatoms. The number of fused-ring (bicyclic) bond motifs is 2. The lowest BCUT2D eigenvalue weighted by atomic mass is 9.82. The van der Waals surface area contributed by atoms with E-state index in [0.29, 0.717) is 32.5 Å². The molecule has 2 aliphatic carbocycles. The summed E-state index contributed by atoms with van der Waals surface area (Å²) in [7, 11) is 3.49. The Kier molecular flexibility index (Phi) is 5.92. The molecule has 3 N–H and O–H groups in total. The van der Waals surface area contributed by atoms with Crippen LogP contribution in [0.5, 0.6) is 0 Å². The first-order valence-electron chi connectivity index (χ1n) is 11.9. The number of piperidine rings is 1. The topological polar surface area (TPSA) is 85.9 Å². The van der Waals surface area contributed by atoms with Crippen LogP contribution >= 0.6 is 0 Å². The summed E-state index contributed by atoms with van der Waals surface area (Å²) in [5.74, 6) is -0.194. The quantitative estimate of drug-likeness (QED) is 0.547. The number of nitrogens with zero attached hydrogens (tertiary/aromatic N) is 2. The second-order valence-corrected chi connectivity index (χ2v) is 10.5. The molecular formula is C22H35F2N5O3. The van der Waals surface area contributed by atoms with Gasteiger partial charge in [-0.25, -0.2) is 14.2 Å². The Balaban J connectivity index is 1.23. The number of carbonyl (C=O) groups excluding carboxylic acids is 2. The van der Waals surface area contributed by atoms with E-state index in [1.54, 1.807) is 7.11 Å². The maximum atomic E-state index is 14.3. The van der Waals surface area contributed by atoms with Gasteiger partial charge in [0.25, 0.3) is 0 Å². The fourth-order valence-electron chi connectivity index (χ4n) is 6.42. The van der Waals surface area contributed by atoms with Gasteiger partial charge in [-0.05, 0) is 38.0 Å². The minimum absolute atomic E-state index is 0.0214. The molecule has 0 radical (unpaired) electrons. The molecule has 3 aliphatic heterocycles. The van der Waals surface area contributed by atoms with Crippen LogP contribution in [0.15, 0.2) is 0 Å². The molecule has 2 saturated carbocycles. The first-order chi connectivity index (χ1) is 15.3. The van der Waals surface area contributed by atoms with Crippen molar-refractivity contribution in [1.82, 2.24) is 26.0 Å².